The Kier molecular flexibility index (Phi) is 5.82. The van der Waals surface area contributed by atoms with Crippen LogP contribution in [0.25, 0.3) is 6.08 Å². The van der Waals surface area contributed by atoms with E-state index in [1.807, 2.05) is 30.3 Å². The summed E-state index contributed by atoms with van der Waals surface area (Å²) in [6.45, 7) is -0.481. The molecule has 0 atom stereocenters. The molecule has 0 spiro atoms. The lowest BCUT2D eigenvalue weighted by Gasteiger charge is -2.11. The van der Waals surface area contributed by atoms with E-state index in [0.29, 0.717) is 33.3 Å². The molecule has 6 nitrogen and oxygen atoms in total. The summed E-state index contributed by atoms with van der Waals surface area (Å²) in [6.07, 6.45) is 1.67. The SMILES string of the molecule is O=C(O)COc1ccccc1/C=C1\C(=O)N(c2ccc(Cl)cc2)N=C1c1ccccc1. The monoisotopic (exact) mass is 432 g/mol. The first-order chi connectivity index (χ1) is 15.0. The van der Waals surface area contributed by atoms with Crippen LogP contribution in [0.4, 0.5) is 5.69 Å². The van der Waals surface area contributed by atoms with Gasteiger partial charge >= 0.3 is 5.97 Å². The van der Waals surface area contributed by atoms with Crippen LogP contribution in [0.5, 0.6) is 5.75 Å². The average molecular weight is 433 g/mol. The van der Waals surface area contributed by atoms with Gasteiger partial charge in [0.25, 0.3) is 5.91 Å². The number of aliphatic carboxylic acids is 1. The van der Waals surface area contributed by atoms with Crippen molar-refractivity contribution >= 4 is 41.0 Å². The molecule has 0 bridgehead atoms. The summed E-state index contributed by atoms with van der Waals surface area (Å²) in [4.78, 5) is 24.2. The molecular formula is C24H17ClN2O4. The number of anilines is 1. The Balaban J connectivity index is 1.79. The van der Waals surface area contributed by atoms with E-state index in [9.17, 15) is 9.59 Å². The predicted octanol–water partition coefficient (Wildman–Crippen LogP) is 4.64. The van der Waals surface area contributed by atoms with Gasteiger partial charge in [-0.3, -0.25) is 4.79 Å². The Morgan fingerprint density at radius 2 is 1.68 bits per heavy atom. The molecule has 7 heteroatoms. The maximum absolute atomic E-state index is 13.3. The zero-order valence-electron chi connectivity index (χ0n) is 16.2. The highest BCUT2D eigenvalue weighted by molar-refractivity contribution is 6.37. The number of hydrogen-bond donors (Lipinski definition) is 1. The summed E-state index contributed by atoms with van der Waals surface area (Å²) in [5.74, 6) is -1.03. The molecule has 4 rings (SSSR count). The second-order valence-electron chi connectivity index (χ2n) is 6.69. The molecule has 1 aliphatic heterocycles. The van der Waals surface area contributed by atoms with Gasteiger partial charge in [-0.15, -0.1) is 0 Å². The molecule has 1 heterocycles. The van der Waals surface area contributed by atoms with Crippen LogP contribution in [-0.4, -0.2) is 29.3 Å². The third-order valence-corrected chi connectivity index (χ3v) is 4.82. The van der Waals surface area contributed by atoms with Crippen molar-refractivity contribution in [1.29, 1.82) is 0 Å². The van der Waals surface area contributed by atoms with Crippen LogP contribution in [0, 0.1) is 0 Å². The molecule has 1 N–H and O–H groups in total. The topological polar surface area (TPSA) is 79.2 Å². The van der Waals surface area contributed by atoms with Crippen LogP contribution in [0.3, 0.4) is 0 Å². The summed E-state index contributed by atoms with van der Waals surface area (Å²) in [7, 11) is 0. The summed E-state index contributed by atoms with van der Waals surface area (Å²) in [5, 5.41) is 15.4. The third kappa shape index (κ3) is 4.49. The maximum atomic E-state index is 13.3. The van der Waals surface area contributed by atoms with Crippen molar-refractivity contribution in [2.75, 3.05) is 11.6 Å². The molecule has 0 saturated heterocycles. The van der Waals surface area contributed by atoms with E-state index in [0.717, 1.165) is 5.56 Å². The average Bonchev–Trinajstić information content (AvgIpc) is 3.10. The Hall–Kier alpha value is -3.90. The highest BCUT2D eigenvalue weighted by atomic mass is 35.5. The number of hydrogen-bond acceptors (Lipinski definition) is 4. The summed E-state index contributed by atoms with van der Waals surface area (Å²) in [5.41, 5.74) is 2.82. The Labute approximate surface area is 183 Å². The molecule has 0 saturated carbocycles. The molecule has 1 amide bonds. The summed E-state index contributed by atoms with van der Waals surface area (Å²) in [6, 6.07) is 23.1. The molecule has 154 valence electrons. The Morgan fingerprint density at radius 1 is 1.00 bits per heavy atom. The predicted molar refractivity (Wildman–Crippen MR) is 119 cm³/mol. The summed E-state index contributed by atoms with van der Waals surface area (Å²) < 4.78 is 5.39. The minimum atomic E-state index is -1.08. The van der Waals surface area contributed by atoms with Crippen molar-refractivity contribution in [3.8, 4) is 5.75 Å². The van der Waals surface area contributed by atoms with E-state index in [1.54, 1.807) is 54.6 Å². The number of para-hydroxylation sites is 1. The fraction of sp³-hybridized carbons (Fsp3) is 0.0417. The molecule has 1 aliphatic rings. The smallest absolute Gasteiger partial charge is 0.341 e. The van der Waals surface area contributed by atoms with Crippen molar-refractivity contribution in [1.82, 2.24) is 0 Å². The standard InChI is InChI=1S/C24H17ClN2O4/c25-18-10-12-19(13-11-18)27-24(30)20(23(26-27)16-6-2-1-3-7-16)14-17-8-4-5-9-21(17)31-15-22(28)29/h1-14H,15H2,(H,28,29)/b20-14-. The van der Waals surface area contributed by atoms with Gasteiger partial charge in [0.1, 0.15) is 11.5 Å². The molecule has 0 unspecified atom stereocenters. The molecule has 0 radical (unpaired) electrons. The quantitative estimate of drug-likeness (QED) is 0.575. The van der Waals surface area contributed by atoms with Gasteiger partial charge in [0, 0.05) is 16.1 Å². The number of carbonyl (C=O) groups excluding carboxylic acids is 1. The van der Waals surface area contributed by atoms with Gasteiger partial charge in [-0.25, -0.2) is 4.79 Å². The van der Waals surface area contributed by atoms with Gasteiger partial charge in [0.2, 0.25) is 0 Å². The number of halogens is 1. The second kappa shape index (κ2) is 8.85. The molecule has 0 fully saturated rings. The van der Waals surface area contributed by atoms with Crippen LogP contribution in [0.1, 0.15) is 11.1 Å². The number of carbonyl (C=O) groups is 2. The van der Waals surface area contributed by atoms with Gasteiger partial charge < -0.3 is 9.84 Å². The van der Waals surface area contributed by atoms with Crippen molar-refractivity contribution in [2.45, 2.75) is 0 Å². The zero-order chi connectivity index (χ0) is 21.8. The molecule has 3 aromatic carbocycles. The highest BCUT2D eigenvalue weighted by Gasteiger charge is 2.32. The van der Waals surface area contributed by atoms with E-state index in [-0.39, 0.29) is 5.91 Å². The van der Waals surface area contributed by atoms with Crippen LogP contribution in [0.15, 0.2) is 89.5 Å². The lowest BCUT2D eigenvalue weighted by Crippen LogP contribution is -2.21. The number of hydrazone groups is 1. The van der Waals surface area contributed by atoms with Gasteiger partial charge in [-0.2, -0.15) is 10.1 Å². The van der Waals surface area contributed by atoms with Gasteiger partial charge in [-0.05, 0) is 36.4 Å². The Bertz CT molecular complexity index is 1190. The first-order valence-electron chi connectivity index (χ1n) is 9.42. The summed E-state index contributed by atoms with van der Waals surface area (Å²) >= 11 is 5.98. The number of benzene rings is 3. The van der Waals surface area contributed by atoms with E-state index in [4.69, 9.17) is 21.4 Å². The highest BCUT2D eigenvalue weighted by Crippen LogP contribution is 2.30. The molecule has 0 aliphatic carbocycles. The van der Waals surface area contributed by atoms with Gasteiger partial charge in [-0.1, -0.05) is 60.1 Å². The molecular weight excluding hydrogens is 416 g/mol. The maximum Gasteiger partial charge on any atom is 0.341 e. The fourth-order valence-electron chi connectivity index (χ4n) is 3.14. The molecule has 0 aromatic heterocycles. The number of ether oxygens (including phenoxy) is 1. The number of nitrogens with zero attached hydrogens (tertiary/aromatic N) is 2. The second-order valence-corrected chi connectivity index (χ2v) is 7.12. The van der Waals surface area contributed by atoms with Crippen molar-refractivity contribution in [3.63, 3.8) is 0 Å². The number of carboxylic acids is 1. The number of rotatable bonds is 6. The molecule has 31 heavy (non-hydrogen) atoms. The molecule has 3 aromatic rings. The number of amides is 1. The zero-order valence-corrected chi connectivity index (χ0v) is 17.0. The normalized spacial score (nSPS) is 14.6. The number of carboxylic acid groups (broad SMARTS) is 1. The van der Waals surface area contributed by atoms with Crippen molar-refractivity contribution in [2.24, 2.45) is 5.10 Å². The van der Waals surface area contributed by atoms with Gasteiger partial charge in [0.15, 0.2) is 6.61 Å². The van der Waals surface area contributed by atoms with Crippen LogP contribution in [-0.2, 0) is 9.59 Å². The van der Waals surface area contributed by atoms with E-state index < -0.39 is 12.6 Å². The lowest BCUT2D eigenvalue weighted by molar-refractivity contribution is -0.139. The van der Waals surface area contributed by atoms with Crippen LogP contribution in [0.2, 0.25) is 5.02 Å². The van der Waals surface area contributed by atoms with E-state index in [1.165, 1.54) is 5.01 Å². The lowest BCUT2D eigenvalue weighted by atomic mass is 10.00. The van der Waals surface area contributed by atoms with Gasteiger partial charge in [0.05, 0.1) is 11.3 Å². The van der Waals surface area contributed by atoms with Crippen molar-refractivity contribution in [3.05, 3.63) is 101 Å². The fourth-order valence-corrected chi connectivity index (χ4v) is 3.26. The third-order valence-electron chi connectivity index (χ3n) is 4.57. The van der Waals surface area contributed by atoms with Crippen LogP contribution < -0.4 is 9.75 Å². The first-order valence-corrected chi connectivity index (χ1v) is 9.80. The van der Waals surface area contributed by atoms with E-state index >= 15 is 0 Å². The minimum absolute atomic E-state index is 0.311. The van der Waals surface area contributed by atoms with Crippen LogP contribution >= 0.6 is 11.6 Å². The van der Waals surface area contributed by atoms with E-state index in [2.05, 4.69) is 5.10 Å². The largest absolute Gasteiger partial charge is 0.481 e. The Morgan fingerprint density at radius 3 is 2.39 bits per heavy atom. The minimum Gasteiger partial charge on any atom is -0.481 e. The first kappa shape index (κ1) is 20.4. The van der Waals surface area contributed by atoms with Crippen molar-refractivity contribution < 1.29 is 19.4 Å².